The smallest absolute Gasteiger partial charge is 0.338 e. The van der Waals surface area contributed by atoms with Crippen molar-refractivity contribution in [1.82, 2.24) is 4.57 Å². The first-order chi connectivity index (χ1) is 22.1. The number of halogens is 1. The van der Waals surface area contributed by atoms with Crippen LogP contribution in [0.5, 0.6) is 23.0 Å². The molecular weight excluding hydrogens is 628 g/mol. The summed E-state index contributed by atoms with van der Waals surface area (Å²) in [6.07, 6.45) is 1.70. The number of nitrogens with zero attached hydrogens (tertiary/aromatic N) is 2. The van der Waals surface area contributed by atoms with E-state index in [1.807, 2.05) is 44.2 Å². The highest BCUT2D eigenvalue weighted by Gasteiger charge is 2.34. The number of benzene rings is 3. The van der Waals surface area contributed by atoms with Crippen LogP contribution in [-0.2, 0) is 16.1 Å². The van der Waals surface area contributed by atoms with Crippen LogP contribution in [0.2, 0.25) is 5.02 Å². The third-order valence-corrected chi connectivity index (χ3v) is 8.37. The Morgan fingerprint density at radius 2 is 1.76 bits per heavy atom. The fourth-order valence-electron chi connectivity index (χ4n) is 5.14. The second-order valence-electron chi connectivity index (χ2n) is 10.7. The Kier molecular flexibility index (Phi) is 10.2. The molecule has 240 valence electrons. The van der Waals surface area contributed by atoms with E-state index in [-0.39, 0.29) is 23.8 Å². The van der Waals surface area contributed by atoms with Crippen molar-refractivity contribution < 1.29 is 28.5 Å². The average molecular weight is 663 g/mol. The number of methoxy groups -OCH3 is 2. The van der Waals surface area contributed by atoms with Gasteiger partial charge in [0.05, 0.1) is 48.8 Å². The molecule has 3 aromatic carbocycles. The largest absolute Gasteiger partial charge is 0.493 e. The van der Waals surface area contributed by atoms with Crippen molar-refractivity contribution in [3.8, 4) is 23.0 Å². The second kappa shape index (κ2) is 14.3. The minimum Gasteiger partial charge on any atom is -0.493 e. The molecule has 11 heteroatoms. The van der Waals surface area contributed by atoms with Crippen LogP contribution >= 0.6 is 22.9 Å². The van der Waals surface area contributed by atoms with Crippen molar-refractivity contribution in [2.24, 2.45) is 4.99 Å². The molecule has 1 aromatic heterocycles. The number of aromatic nitrogens is 1. The normalized spacial score (nSPS) is 14.5. The van der Waals surface area contributed by atoms with Gasteiger partial charge in [0.1, 0.15) is 6.61 Å². The van der Waals surface area contributed by atoms with E-state index in [0.29, 0.717) is 55.2 Å². The number of allylic oxidation sites excluding steroid dienone is 1. The predicted octanol–water partition coefficient (Wildman–Crippen LogP) is 5.84. The molecule has 0 saturated heterocycles. The molecule has 0 amide bonds. The van der Waals surface area contributed by atoms with Crippen molar-refractivity contribution in [3.63, 3.8) is 0 Å². The van der Waals surface area contributed by atoms with E-state index in [9.17, 15) is 9.59 Å². The van der Waals surface area contributed by atoms with Gasteiger partial charge in [0.15, 0.2) is 27.8 Å². The summed E-state index contributed by atoms with van der Waals surface area (Å²) < 4.78 is 30.5. The van der Waals surface area contributed by atoms with Gasteiger partial charge in [-0.15, -0.1) is 0 Å². The maximum atomic E-state index is 14.1. The molecule has 0 aliphatic carbocycles. The van der Waals surface area contributed by atoms with Crippen LogP contribution < -0.4 is 33.8 Å². The van der Waals surface area contributed by atoms with E-state index in [1.54, 1.807) is 64.5 Å². The number of rotatable bonds is 11. The molecule has 0 unspecified atom stereocenters. The van der Waals surface area contributed by atoms with Crippen LogP contribution in [0.3, 0.4) is 0 Å². The van der Waals surface area contributed by atoms with Crippen molar-refractivity contribution in [2.45, 2.75) is 46.4 Å². The summed E-state index contributed by atoms with van der Waals surface area (Å²) in [5.74, 6) is 1.56. The Labute approximate surface area is 275 Å². The van der Waals surface area contributed by atoms with Gasteiger partial charge in [-0.25, -0.2) is 9.79 Å². The minimum absolute atomic E-state index is 0.0723. The molecule has 0 N–H and O–H groups in total. The Morgan fingerprint density at radius 3 is 2.46 bits per heavy atom. The molecule has 1 atom stereocenters. The predicted molar refractivity (Wildman–Crippen MR) is 178 cm³/mol. The van der Waals surface area contributed by atoms with Crippen molar-refractivity contribution in [3.05, 3.63) is 113 Å². The van der Waals surface area contributed by atoms with E-state index in [2.05, 4.69) is 4.99 Å². The zero-order valence-electron chi connectivity index (χ0n) is 26.5. The summed E-state index contributed by atoms with van der Waals surface area (Å²) in [6, 6.07) is 17.5. The number of esters is 1. The molecule has 5 rings (SSSR count). The third kappa shape index (κ3) is 6.98. The van der Waals surface area contributed by atoms with Crippen molar-refractivity contribution in [2.75, 3.05) is 20.8 Å². The molecule has 46 heavy (non-hydrogen) atoms. The average Bonchev–Trinajstić information content (AvgIpc) is 3.33. The van der Waals surface area contributed by atoms with Gasteiger partial charge in [-0.1, -0.05) is 47.2 Å². The summed E-state index contributed by atoms with van der Waals surface area (Å²) in [4.78, 5) is 32.5. The monoisotopic (exact) mass is 662 g/mol. The van der Waals surface area contributed by atoms with E-state index >= 15 is 0 Å². The lowest BCUT2D eigenvalue weighted by atomic mass is 9.95. The summed E-state index contributed by atoms with van der Waals surface area (Å²) in [7, 11) is 3.11. The number of thiazole rings is 1. The lowest BCUT2D eigenvalue weighted by Gasteiger charge is -2.25. The quantitative estimate of drug-likeness (QED) is 0.186. The van der Waals surface area contributed by atoms with Gasteiger partial charge in [-0.3, -0.25) is 9.36 Å². The zero-order valence-corrected chi connectivity index (χ0v) is 28.0. The molecule has 0 radical (unpaired) electrons. The molecule has 0 spiro atoms. The molecule has 9 nitrogen and oxygen atoms in total. The third-order valence-electron chi connectivity index (χ3n) is 7.15. The van der Waals surface area contributed by atoms with Crippen LogP contribution in [0, 0.1) is 0 Å². The molecular formula is C35H35ClN2O7S. The molecule has 0 saturated carbocycles. The lowest BCUT2D eigenvalue weighted by Crippen LogP contribution is -2.40. The number of ether oxygens (including phenoxy) is 5. The molecule has 0 bridgehead atoms. The van der Waals surface area contributed by atoms with Crippen molar-refractivity contribution >= 4 is 35.0 Å². The zero-order chi connectivity index (χ0) is 33.0. The molecule has 4 aromatic rings. The number of fused-ring (bicyclic) bond motifs is 1. The first kappa shape index (κ1) is 32.8. The number of hydrogen-bond donors (Lipinski definition) is 0. The second-order valence-corrected chi connectivity index (χ2v) is 12.2. The van der Waals surface area contributed by atoms with E-state index in [4.69, 9.17) is 35.3 Å². The van der Waals surface area contributed by atoms with Crippen LogP contribution in [0.1, 0.15) is 50.4 Å². The number of carbonyl (C=O) groups excluding carboxylic acids is 1. The highest BCUT2D eigenvalue weighted by Crippen LogP contribution is 2.36. The van der Waals surface area contributed by atoms with E-state index in [1.165, 1.54) is 15.9 Å². The molecule has 1 aliphatic rings. The first-order valence-corrected chi connectivity index (χ1v) is 15.9. The van der Waals surface area contributed by atoms with Crippen LogP contribution in [0.25, 0.3) is 6.08 Å². The van der Waals surface area contributed by atoms with Crippen LogP contribution in [0.15, 0.2) is 81.7 Å². The molecule has 0 fully saturated rings. The highest BCUT2D eigenvalue weighted by molar-refractivity contribution is 7.07. The SMILES string of the molecule is CCOC(=O)C1=C(C)N=c2s/c(=C/c3ccc(OCc4cccc(Cl)c4)c(OC)c3)c(=O)n2[C@H]1c1ccc(OC(C)C)c(OC)c1. The molecule has 2 heterocycles. The van der Waals surface area contributed by atoms with Gasteiger partial charge >= 0.3 is 5.97 Å². The van der Waals surface area contributed by atoms with Crippen LogP contribution in [-0.4, -0.2) is 37.5 Å². The highest BCUT2D eigenvalue weighted by atomic mass is 35.5. The maximum absolute atomic E-state index is 14.1. The van der Waals surface area contributed by atoms with Gasteiger partial charge in [-0.2, -0.15) is 0 Å². The standard InChI is InChI=1S/C35H35ClN2O7S/c1-7-43-34(40)31-21(4)37-35-38(32(31)24-12-14-27(45-20(2)3)29(18-24)42-6)33(39)30(46-35)17-22-11-13-26(28(16-22)41-5)44-19-23-9-8-10-25(36)15-23/h8-18,20,32H,7,19H2,1-6H3/b30-17+/t32-/m0/s1. The fraction of sp³-hybridized carbons (Fsp3) is 0.286. The van der Waals surface area contributed by atoms with Crippen LogP contribution in [0.4, 0.5) is 0 Å². The Bertz CT molecular complexity index is 1980. The molecule has 1 aliphatic heterocycles. The summed E-state index contributed by atoms with van der Waals surface area (Å²) >= 11 is 7.34. The Morgan fingerprint density at radius 1 is 1.02 bits per heavy atom. The van der Waals surface area contributed by atoms with Gasteiger partial charge in [0.25, 0.3) is 5.56 Å². The van der Waals surface area contributed by atoms with Crippen molar-refractivity contribution in [1.29, 1.82) is 0 Å². The van der Waals surface area contributed by atoms with E-state index in [0.717, 1.165) is 11.1 Å². The number of carbonyl (C=O) groups is 1. The van der Waals surface area contributed by atoms with E-state index < -0.39 is 12.0 Å². The van der Waals surface area contributed by atoms with Gasteiger partial charge < -0.3 is 23.7 Å². The van der Waals surface area contributed by atoms with Gasteiger partial charge in [-0.05, 0) is 86.9 Å². The summed E-state index contributed by atoms with van der Waals surface area (Å²) in [5, 5.41) is 0.632. The Balaban J connectivity index is 1.57. The van der Waals surface area contributed by atoms with Gasteiger partial charge in [0.2, 0.25) is 0 Å². The number of hydrogen-bond acceptors (Lipinski definition) is 9. The lowest BCUT2D eigenvalue weighted by molar-refractivity contribution is -0.139. The minimum atomic E-state index is -0.795. The first-order valence-electron chi connectivity index (χ1n) is 14.7. The Hall–Kier alpha value is -4.54. The fourth-order valence-corrected chi connectivity index (χ4v) is 6.40. The summed E-state index contributed by atoms with van der Waals surface area (Å²) in [6.45, 7) is 7.82. The topological polar surface area (TPSA) is 97.6 Å². The maximum Gasteiger partial charge on any atom is 0.338 e. The summed E-state index contributed by atoms with van der Waals surface area (Å²) in [5.41, 5.74) is 2.76. The van der Waals surface area contributed by atoms with Gasteiger partial charge in [0, 0.05) is 5.02 Å².